The van der Waals surface area contributed by atoms with E-state index in [0.29, 0.717) is 6.42 Å². The van der Waals surface area contributed by atoms with Crippen LogP contribution in [0, 0.1) is 11.3 Å². The van der Waals surface area contributed by atoms with Gasteiger partial charge in [0.2, 0.25) is 0 Å². The average molecular weight is 310 g/mol. The quantitative estimate of drug-likeness (QED) is 0.251. The van der Waals surface area contributed by atoms with Crippen molar-refractivity contribution in [2.24, 2.45) is 0 Å². The molecule has 0 aromatic rings. The summed E-state index contributed by atoms with van der Waals surface area (Å²) >= 11 is 0. The molecular weight excluding hydrogens is 268 g/mol. The van der Waals surface area contributed by atoms with E-state index in [2.05, 4.69) is 27.1 Å². The summed E-state index contributed by atoms with van der Waals surface area (Å²) in [6.07, 6.45) is 18.8. The summed E-state index contributed by atoms with van der Waals surface area (Å²) in [5, 5.41) is 8.59. The summed E-state index contributed by atoms with van der Waals surface area (Å²) in [5.74, 6) is 0. The fourth-order valence-corrected chi connectivity index (χ4v) is 3.08. The highest BCUT2D eigenvalue weighted by Crippen LogP contribution is 2.13. The standard InChI is InChI=1S/C20H41N2/c1-4-5-6-7-8-9-10-11-12-13-14-16-19-22(2,3)20-17-15-18-21/h4-17,19-20H2,1-3H3/q+1. The summed E-state index contributed by atoms with van der Waals surface area (Å²) in [6.45, 7) is 4.70. The minimum atomic E-state index is 0.708. The van der Waals surface area contributed by atoms with Gasteiger partial charge in [0.1, 0.15) is 0 Å². The molecule has 0 rings (SSSR count). The van der Waals surface area contributed by atoms with Gasteiger partial charge in [0.15, 0.2) is 0 Å². The van der Waals surface area contributed by atoms with Crippen molar-refractivity contribution >= 4 is 0 Å². The summed E-state index contributed by atoms with van der Waals surface area (Å²) in [7, 11) is 4.60. The van der Waals surface area contributed by atoms with Crippen LogP contribution in [0.15, 0.2) is 0 Å². The second kappa shape index (κ2) is 15.3. The summed E-state index contributed by atoms with van der Waals surface area (Å²) in [4.78, 5) is 0. The van der Waals surface area contributed by atoms with Crippen LogP contribution in [0.25, 0.3) is 0 Å². The van der Waals surface area contributed by atoms with E-state index in [1.165, 1.54) is 83.6 Å². The molecule has 2 heteroatoms. The van der Waals surface area contributed by atoms with Gasteiger partial charge in [0.25, 0.3) is 0 Å². The van der Waals surface area contributed by atoms with Crippen LogP contribution in [-0.2, 0) is 0 Å². The highest BCUT2D eigenvalue weighted by molar-refractivity contribution is 4.67. The summed E-state index contributed by atoms with van der Waals surface area (Å²) in [6, 6.07) is 2.25. The Morgan fingerprint density at radius 3 is 1.50 bits per heavy atom. The fraction of sp³-hybridized carbons (Fsp3) is 0.950. The summed E-state index contributed by atoms with van der Waals surface area (Å²) < 4.78 is 1.08. The van der Waals surface area contributed by atoms with Crippen LogP contribution >= 0.6 is 0 Å². The van der Waals surface area contributed by atoms with Crippen molar-refractivity contribution in [1.82, 2.24) is 0 Å². The third-order valence-corrected chi connectivity index (χ3v) is 4.67. The van der Waals surface area contributed by atoms with Gasteiger partial charge in [-0.15, -0.1) is 0 Å². The lowest BCUT2D eigenvalue weighted by molar-refractivity contribution is -0.890. The van der Waals surface area contributed by atoms with E-state index >= 15 is 0 Å². The Morgan fingerprint density at radius 1 is 0.636 bits per heavy atom. The second-order valence-corrected chi connectivity index (χ2v) is 7.53. The third-order valence-electron chi connectivity index (χ3n) is 4.67. The molecule has 0 aliphatic rings. The Morgan fingerprint density at radius 2 is 1.05 bits per heavy atom. The number of rotatable bonds is 16. The molecule has 0 unspecified atom stereocenters. The predicted octanol–water partition coefficient (Wildman–Crippen LogP) is 6.07. The lowest BCUT2D eigenvalue weighted by Crippen LogP contribution is -2.41. The van der Waals surface area contributed by atoms with Gasteiger partial charge >= 0.3 is 0 Å². The van der Waals surface area contributed by atoms with E-state index in [4.69, 9.17) is 5.26 Å². The molecule has 0 saturated heterocycles. The van der Waals surface area contributed by atoms with Crippen LogP contribution in [0.1, 0.15) is 96.8 Å². The number of unbranched alkanes of at least 4 members (excludes halogenated alkanes) is 12. The molecule has 0 aromatic carbocycles. The van der Waals surface area contributed by atoms with Crippen LogP contribution in [-0.4, -0.2) is 31.7 Å². The number of hydrogen-bond acceptors (Lipinski definition) is 1. The number of nitriles is 1. The van der Waals surface area contributed by atoms with E-state index in [9.17, 15) is 0 Å². The van der Waals surface area contributed by atoms with Gasteiger partial charge in [0, 0.05) is 12.8 Å². The topological polar surface area (TPSA) is 23.8 Å². The number of nitrogens with zero attached hydrogens (tertiary/aromatic N) is 2. The monoisotopic (exact) mass is 309 g/mol. The van der Waals surface area contributed by atoms with Crippen LogP contribution in [0.5, 0.6) is 0 Å². The first-order chi connectivity index (χ1) is 10.6. The maximum atomic E-state index is 8.59. The van der Waals surface area contributed by atoms with Crippen molar-refractivity contribution in [1.29, 1.82) is 5.26 Å². The zero-order valence-electron chi connectivity index (χ0n) is 15.7. The molecule has 0 aliphatic carbocycles. The van der Waals surface area contributed by atoms with Crippen molar-refractivity contribution in [3.05, 3.63) is 0 Å². The first-order valence-corrected chi connectivity index (χ1v) is 9.81. The van der Waals surface area contributed by atoms with Gasteiger partial charge in [0.05, 0.1) is 33.3 Å². The zero-order valence-corrected chi connectivity index (χ0v) is 15.7. The molecule has 0 aliphatic heterocycles. The predicted molar refractivity (Wildman–Crippen MR) is 97.8 cm³/mol. The Kier molecular flexibility index (Phi) is 15.0. The minimum Gasteiger partial charge on any atom is -0.328 e. The van der Waals surface area contributed by atoms with E-state index in [1.54, 1.807) is 0 Å². The summed E-state index contributed by atoms with van der Waals surface area (Å²) in [5.41, 5.74) is 0. The normalized spacial score (nSPS) is 11.5. The SMILES string of the molecule is CCCCCCCCCCCCCC[N+](C)(C)CCCC#N. The first-order valence-electron chi connectivity index (χ1n) is 9.81. The molecule has 0 aromatic heterocycles. The molecule has 2 nitrogen and oxygen atoms in total. The highest BCUT2D eigenvalue weighted by Gasteiger charge is 2.13. The molecule has 0 saturated carbocycles. The van der Waals surface area contributed by atoms with Crippen LogP contribution in [0.4, 0.5) is 0 Å². The molecule has 0 heterocycles. The van der Waals surface area contributed by atoms with E-state index in [0.717, 1.165) is 17.4 Å². The lowest BCUT2D eigenvalue weighted by Gasteiger charge is -2.29. The Hall–Kier alpha value is -0.550. The smallest absolute Gasteiger partial charge is 0.0792 e. The highest BCUT2D eigenvalue weighted by atomic mass is 15.3. The van der Waals surface area contributed by atoms with Crippen molar-refractivity contribution < 1.29 is 4.48 Å². The van der Waals surface area contributed by atoms with Crippen molar-refractivity contribution in [2.45, 2.75) is 96.8 Å². The molecule has 0 bridgehead atoms. The number of quaternary nitrogens is 1. The average Bonchev–Trinajstić information content (AvgIpc) is 2.48. The molecule has 22 heavy (non-hydrogen) atoms. The molecular formula is C20H41N2+. The van der Waals surface area contributed by atoms with Crippen molar-refractivity contribution in [3.8, 4) is 6.07 Å². The molecule has 0 N–H and O–H groups in total. The van der Waals surface area contributed by atoms with Gasteiger partial charge in [-0.05, 0) is 12.8 Å². The van der Waals surface area contributed by atoms with Gasteiger partial charge in [-0.3, -0.25) is 0 Å². The second-order valence-electron chi connectivity index (χ2n) is 7.53. The number of hydrogen-bond donors (Lipinski definition) is 0. The third kappa shape index (κ3) is 15.8. The molecule has 0 spiro atoms. The van der Waals surface area contributed by atoms with Crippen molar-refractivity contribution in [2.75, 3.05) is 27.2 Å². The van der Waals surface area contributed by atoms with E-state index in [-0.39, 0.29) is 0 Å². The van der Waals surface area contributed by atoms with E-state index in [1.807, 2.05) is 0 Å². The minimum absolute atomic E-state index is 0.708. The van der Waals surface area contributed by atoms with Gasteiger partial charge < -0.3 is 4.48 Å². The van der Waals surface area contributed by atoms with Gasteiger partial charge in [-0.25, -0.2) is 0 Å². The maximum absolute atomic E-state index is 8.59. The van der Waals surface area contributed by atoms with Gasteiger partial charge in [-0.1, -0.05) is 71.1 Å². The zero-order chi connectivity index (χ0) is 16.5. The van der Waals surface area contributed by atoms with Crippen LogP contribution in [0.3, 0.4) is 0 Å². The molecule has 0 fully saturated rings. The molecule has 0 amide bonds. The molecule has 0 radical (unpaired) electrons. The Balaban J connectivity index is 3.24. The molecule has 0 atom stereocenters. The van der Waals surface area contributed by atoms with E-state index < -0.39 is 0 Å². The van der Waals surface area contributed by atoms with Crippen LogP contribution < -0.4 is 0 Å². The Bertz CT molecular complexity index is 265. The van der Waals surface area contributed by atoms with Crippen LogP contribution in [0.2, 0.25) is 0 Å². The largest absolute Gasteiger partial charge is 0.328 e. The van der Waals surface area contributed by atoms with Gasteiger partial charge in [-0.2, -0.15) is 5.26 Å². The fourth-order valence-electron chi connectivity index (χ4n) is 3.08. The maximum Gasteiger partial charge on any atom is 0.0792 e. The first kappa shape index (κ1) is 21.4. The Labute approximate surface area is 140 Å². The molecule has 130 valence electrons. The lowest BCUT2D eigenvalue weighted by atomic mass is 10.1. The van der Waals surface area contributed by atoms with Crippen molar-refractivity contribution in [3.63, 3.8) is 0 Å².